The number of amides is 3. The lowest BCUT2D eigenvalue weighted by Gasteiger charge is -2.36. The van der Waals surface area contributed by atoms with Gasteiger partial charge in [-0.2, -0.15) is 8.42 Å². The van der Waals surface area contributed by atoms with Crippen LogP contribution in [0.1, 0.15) is 78.6 Å². The topological polar surface area (TPSA) is 254 Å². The van der Waals surface area contributed by atoms with E-state index < -0.39 is 58.9 Å². The number of benzene rings is 1. The Bertz CT molecular complexity index is 1740. The van der Waals surface area contributed by atoms with Gasteiger partial charge in [-0.05, 0) is 30.0 Å². The number of hydrogen-bond donors (Lipinski definition) is 6. The maximum Gasteiger partial charge on any atom is 0.299 e. The van der Waals surface area contributed by atoms with E-state index >= 15 is 0 Å². The Labute approximate surface area is 349 Å². The molecule has 0 aromatic heterocycles. The molecule has 4 atom stereocenters. The molecule has 7 N–H and O–H groups in total. The molecule has 0 aliphatic carbocycles. The van der Waals surface area contributed by atoms with E-state index in [0.717, 1.165) is 0 Å². The fourth-order valence-electron chi connectivity index (χ4n) is 6.87. The van der Waals surface area contributed by atoms with E-state index in [-0.39, 0.29) is 59.2 Å². The molecular formula is C40H65N5O13S. The first kappa shape index (κ1) is 49.5. The molecule has 334 valence electrons. The van der Waals surface area contributed by atoms with E-state index in [0.29, 0.717) is 45.1 Å². The summed E-state index contributed by atoms with van der Waals surface area (Å²) >= 11 is 0. The van der Waals surface area contributed by atoms with Gasteiger partial charge in [0.1, 0.15) is 12.2 Å². The average Bonchev–Trinajstić information content (AvgIpc) is 3.40. The minimum Gasteiger partial charge on any atom is -0.461 e. The zero-order valence-electron chi connectivity index (χ0n) is 35.7. The van der Waals surface area contributed by atoms with Crippen molar-refractivity contribution < 1.29 is 61.3 Å². The standard InChI is InChI=1S/C40H65N5O13S/c1-37(2,22-54-25-40(7,8)21-45-32(48)12-13-33(45)49)16-27(41)17-44(42)20-39(5,6)24-55-23-38(3,4)19-43(9)36(51)26-10-11-29(30(14-26)58-59(52)53)56-34-15-28(47)35(50)31(18-46)57-34/h10-14,17,28,31,34-35,46-47,50,59H,15-16,18-25,41-42H2,1-9H3/b27-17-/t28?,31-,34-,35-/m1/s1. The van der Waals surface area contributed by atoms with E-state index in [4.69, 9.17) is 34.7 Å². The number of hydrogen-bond acceptors (Lipinski definition) is 16. The normalized spacial score (nSPS) is 20.7. The van der Waals surface area contributed by atoms with Crippen molar-refractivity contribution in [1.82, 2.24) is 14.8 Å². The SMILES string of the molecule is CN(CC(C)(C)COCC(C)(C)CN(N)/C=C(\N)CC(C)(C)COCC(C)(C)CN1C(=O)C=CC1=O)C(=O)c1ccc(O[C@H]2CC(O)[C@@H](O)[C@@H](CO)O2)c(O[SH](=O)=O)c1. The van der Waals surface area contributed by atoms with E-state index in [9.17, 15) is 38.1 Å². The van der Waals surface area contributed by atoms with Crippen molar-refractivity contribution in [3.8, 4) is 11.5 Å². The predicted octanol–water partition coefficient (Wildman–Crippen LogP) is 1.30. The fraction of sp³-hybridized carbons (Fsp3) is 0.675. The number of carbonyl (C=O) groups is 3. The highest BCUT2D eigenvalue weighted by Crippen LogP contribution is 2.33. The molecule has 2 heterocycles. The summed E-state index contributed by atoms with van der Waals surface area (Å²) in [5.74, 6) is 4.94. The van der Waals surface area contributed by atoms with Gasteiger partial charge >= 0.3 is 0 Å². The molecule has 0 spiro atoms. The van der Waals surface area contributed by atoms with Crippen molar-refractivity contribution in [2.45, 2.75) is 92.8 Å². The number of nitrogens with two attached hydrogens (primary N) is 2. The number of carbonyl (C=O) groups excluding carboxylic acids is 3. The Balaban J connectivity index is 1.48. The number of imide groups is 1. The van der Waals surface area contributed by atoms with Crippen molar-refractivity contribution in [3.05, 3.63) is 47.8 Å². The van der Waals surface area contributed by atoms with E-state index in [1.165, 1.54) is 45.2 Å². The number of ether oxygens (including phenoxy) is 4. The van der Waals surface area contributed by atoms with Gasteiger partial charge in [0, 0.05) is 79.0 Å². The number of thiol groups is 1. The summed E-state index contributed by atoms with van der Waals surface area (Å²) in [6.07, 6.45) is -0.260. The smallest absolute Gasteiger partial charge is 0.299 e. The Morgan fingerprint density at radius 3 is 2.05 bits per heavy atom. The third kappa shape index (κ3) is 15.9. The molecule has 1 saturated heterocycles. The van der Waals surface area contributed by atoms with Crippen LogP contribution in [0.25, 0.3) is 0 Å². The van der Waals surface area contributed by atoms with E-state index in [2.05, 4.69) is 0 Å². The zero-order chi connectivity index (χ0) is 44.5. The molecule has 1 fully saturated rings. The third-order valence-corrected chi connectivity index (χ3v) is 9.78. The van der Waals surface area contributed by atoms with Crippen LogP contribution < -0.4 is 20.5 Å². The maximum atomic E-state index is 13.5. The molecule has 1 aromatic carbocycles. The largest absolute Gasteiger partial charge is 0.461 e. The minimum absolute atomic E-state index is 0.0865. The highest BCUT2D eigenvalue weighted by atomic mass is 32.2. The predicted molar refractivity (Wildman–Crippen MR) is 218 cm³/mol. The first-order valence-electron chi connectivity index (χ1n) is 19.4. The summed E-state index contributed by atoms with van der Waals surface area (Å²) in [6, 6.07) is 4.00. The Hall–Kier alpha value is -3.82. The lowest BCUT2D eigenvalue weighted by molar-refractivity contribution is -0.230. The van der Waals surface area contributed by atoms with Crippen molar-refractivity contribution in [2.75, 3.05) is 59.7 Å². The summed E-state index contributed by atoms with van der Waals surface area (Å²) in [7, 11) is -1.78. The molecule has 0 bridgehead atoms. The summed E-state index contributed by atoms with van der Waals surface area (Å²) in [5.41, 5.74) is 5.45. The van der Waals surface area contributed by atoms with Crippen molar-refractivity contribution in [2.24, 2.45) is 33.2 Å². The van der Waals surface area contributed by atoms with Crippen LogP contribution in [0.4, 0.5) is 0 Å². The summed E-state index contributed by atoms with van der Waals surface area (Å²) in [5, 5.41) is 31.1. The van der Waals surface area contributed by atoms with Crippen LogP contribution in [0.2, 0.25) is 0 Å². The zero-order valence-corrected chi connectivity index (χ0v) is 36.6. The number of aliphatic hydroxyl groups is 3. The molecular weight excluding hydrogens is 791 g/mol. The molecule has 2 aliphatic heterocycles. The number of hydrazine groups is 1. The molecule has 0 saturated carbocycles. The van der Waals surface area contributed by atoms with Gasteiger partial charge in [-0.15, -0.1) is 0 Å². The molecule has 1 aromatic rings. The van der Waals surface area contributed by atoms with Gasteiger partial charge in [-0.25, -0.2) is 5.84 Å². The van der Waals surface area contributed by atoms with Crippen molar-refractivity contribution in [3.63, 3.8) is 0 Å². The minimum atomic E-state index is -3.39. The molecule has 59 heavy (non-hydrogen) atoms. The fourth-order valence-corrected chi connectivity index (χ4v) is 7.17. The number of rotatable bonds is 23. The first-order chi connectivity index (χ1) is 27.2. The van der Waals surface area contributed by atoms with Crippen LogP contribution in [0.3, 0.4) is 0 Å². The van der Waals surface area contributed by atoms with Crippen LogP contribution >= 0.6 is 0 Å². The summed E-state index contributed by atoms with van der Waals surface area (Å²) < 4.78 is 51.3. The van der Waals surface area contributed by atoms with E-state index in [1.807, 2.05) is 55.4 Å². The Kier molecular flexibility index (Phi) is 17.3. The molecule has 3 rings (SSSR count). The molecule has 1 unspecified atom stereocenters. The number of allylic oxidation sites excluding steroid dienone is 1. The lowest BCUT2D eigenvalue weighted by atomic mass is 9.88. The van der Waals surface area contributed by atoms with Crippen molar-refractivity contribution >= 4 is 28.7 Å². The highest BCUT2D eigenvalue weighted by molar-refractivity contribution is 7.67. The third-order valence-electron chi connectivity index (χ3n) is 9.43. The summed E-state index contributed by atoms with van der Waals surface area (Å²) in [4.78, 5) is 40.1. The van der Waals surface area contributed by atoms with Gasteiger partial charge in [0.05, 0.1) is 39.1 Å². The van der Waals surface area contributed by atoms with Crippen LogP contribution in [0.5, 0.6) is 11.5 Å². The number of aliphatic hydroxyl groups excluding tert-OH is 3. The quantitative estimate of drug-likeness (QED) is 0.0393. The molecule has 19 heteroatoms. The van der Waals surface area contributed by atoms with Crippen LogP contribution in [0.15, 0.2) is 42.2 Å². The molecule has 18 nitrogen and oxygen atoms in total. The number of nitrogens with zero attached hydrogens (tertiary/aromatic N) is 3. The van der Waals surface area contributed by atoms with Crippen LogP contribution in [-0.4, -0.2) is 141 Å². The first-order valence-corrected chi connectivity index (χ1v) is 20.5. The molecule has 0 radical (unpaired) electrons. The monoisotopic (exact) mass is 855 g/mol. The average molecular weight is 856 g/mol. The van der Waals surface area contributed by atoms with Gasteiger partial charge < -0.3 is 54.1 Å². The van der Waals surface area contributed by atoms with Crippen LogP contribution in [-0.2, 0) is 34.8 Å². The Morgan fingerprint density at radius 1 is 0.915 bits per heavy atom. The Morgan fingerprint density at radius 2 is 1.47 bits per heavy atom. The van der Waals surface area contributed by atoms with Gasteiger partial charge in [-0.3, -0.25) is 19.3 Å². The van der Waals surface area contributed by atoms with Gasteiger partial charge in [0.15, 0.2) is 11.5 Å². The second-order valence-corrected chi connectivity index (χ2v) is 19.3. The lowest BCUT2D eigenvalue weighted by Crippen LogP contribution is -2.51. The van der Waals surface area contributed by atoms with Gasteiger partial charge in [0.2, 0.25) is 6.29 Å². The van der Waals surface area contributed by atoms with Crippen LogP contribution in [0, 0.1) is 21.7 Å². The van der Waals surface area contributed by atoms with Gasteiger partial charge in [-0.1, -0.05) is 55.4 Å². The maximum absolute atomic E-state index is 13.5. The second kappa shape index (κ2) is 20.6. The highest BCUT2D eigenvalue weighted by Gasteiger charge is 2.38. The molecule has 3 amide bonds. The van der Waals surface area contributed by atoms with Crippen molar-refractivity contribution in [1.29, 1.82) is 0 Å². The second-order valence-electron chi connectivity index (χ2n) is 18.6. The van der Waals surface area contributed by atoms with E-state index in [1.54, 1.807) is 13.2 Å². The molecule has 2 aliphatic rings. The summed E-state index contributed by atoms with van der Waals surface area (Å²) in [6.45, 7) is 17.6. The van der Waals surface area contributed by atoms with Gasteiger partial charge in [0.25, 0.3) is 28.7 Å².